The number of fused-ring (bicyclic) bond motifs is 3. The zero-order chi connectivity index (χ0) is 16.1. The van der Waals surface area contributed by atoms with Crippen LogP contribution in [0.5, 0.6) is 0 Å². The summed E-state index contributed by atoms with van der Waals surface area (Å²) >= 11 is 0. The fraction of sp³-hybridized carbons (Fsp3) is 0.316. The van der Waals surface area contributed by atoms with Crippen molar-refractivity contribution in [1.29, 1.82) is 0 Å². The maximum absolute atomic E-state index is 12.5. The maximum Gasteiger partial charge on any atom is 0.344 e. The molecule has 1 aliphatic heterocycles. The van der Waals surface area contributed by atoms with Gasteiger partial charge >= 0.3 is 5.63 Å². The van der Waals surface area contributed by atoms with E-state index in [9.17, 15) is 4.79 Å². The molecule has 3 rings (SSSR count). The Hall–Kier alpha value is -2.29. The fourth-order valence-corrected chi connectivity index (χ4v) is 3.40. The molecule has 1 N–H and O–H groups in total. The van der Waals surface area contributed by atoms with Gasteiger partial charge in [-0.1, -0.05) is 18.2 Å². The SMILES string of the molecule is C/C=c1\c(=C/C)oc(=O)c2c3c(ccc12)NC(C)(C)C=C3C. The molecular formula is C19H21NO2. The van der Waals surface area contributed by atoms with Gasteiger partial charge in [-0.05, 0) is 52.3 Å². The van der Waals surface area contributed by atoms with Crippen molar-refractivity contribution in [3.63, 3.8) is 0 Å². The van der Waals surface area contributed by atoms with Crippen LogP contribution in [0.4, 0.5) is 5.69 Å². The molecule has 0 saturated carbocycles. The Kier molecular flexibility index (Phi) is 3.24. The highest BCUT2D eigenvalue weighted by atomic mass is 16.4. The van der Waals surface area contributed by atoms with E-state index in [1.807, 2.05) is 32.1 Å². The minimum Gasteiger partial charge on any atom is -0.423 e. The maximum atomic E-state index is 12.5. The van der Waals surface area contributed by atoms with E-state index in [1.54, 1.807) is 0 Å². The Morgan fingerprint density at radius 3 is 2.55 bits per heavy atom. The van der Waals surface area contributed by atoms with E-state index >= 15 is 0 Å². The van der Waals surface area contributed by atoms with Gasteiger partial charge in [-0.15, -0.1) is 0 Å². The first-order chi connectivity index (χ1) is 10.4. The van der Waals surface area contributed by atoms with Crippen molar-refractivity contribution in [1.82, 2.24) is 0 Å². The van der Waals surface area contributed by atoms with Gasteiger partial charge in [0.1, 0.15) is 5.42 Å². The highest BCUT2D eigenvalue weighted by Crippen LogP contribution is 2.36. The van der Waals surface area contributed by atoms with Crippen LogP contribution in [0.15, 0.2) is 27.4 Å². The summed E-state index contributed by atoms with van der Waals surface area (Å²) in [7, 11) is 0. The summed E-state index contributed by atoms with van der Waals surface area (Å²) in [6, 6.07) is 4.07. The summed E-state index contributed by atoms with van der Waals surface area (Å²) in [5.41, 5.74) is 3.27. The predicted octanol–water partition coefficient (Wildman–Crippen LogP) is 3.00. The van der Waals surface area contributed by atoms with Crippen LogP contribution in [0.1, 0.15) is 40.2 Å². The van der Waals surface area contributed by atoms with Crippen molar-refractivity contribution in [2.75, 3.05) is 5.32 Å². The van der Waals surface area contributed by atoms with Crippen LogP contribution in [-0.4, -0.2) is 5.54 Å². The van der Waals surface area contributed by atoms with Gasteiger partial charge < -0.3 is 9.73 Å². The predicted molar refractivity (Wildman–Crippen MR) is 93.4 cm³/mol. The smallest absolute Gasteiger partial charge is 0.344 e. The number of hydrogen-bond acceptors (Lipinski definition) is 3. The molecule has 0 saturated heterocycles. The highest BCUT2D eigenvalue weighted by molar-refractivity contribution is 6.00. The second-order valence-electron chi connectivity index (χ2n) is 6.33. The third kappa shape index (κ3) is 2.08. The minimum atomic E-state index is -0.278. The first-order valence-electron chi connectivity index (χ1n) is 7.58. The van der Waals surface area contributed by atoms with Crippen molar-refractivity contribution in [2.24, 2.45) is 0 Å². The molecule has 2 aromatic rings. The zero-order valence-electron chi connectivity index (χ0n) is 13.7. The van der Waals surface area contributed by atoms with Gasteiger partial charge in [0.05, 0.1) is 10.9 Å². The van der Waals surface area contributed by atoms with Crippen LogP contribution >= 0.6 is 0 Å². The summed E-state index contributed by atoms with van der Waals surface area (Å²) < 4.78 is 5.53. The van der Waals surface area contributed by atoms with E-state index in [0.29, 0.717) is 10.8 Å². The normalized spacial score (nSPS) is 18.1. The largest absolute Gasteiger partial charge is 0.423 e. The molecule has 0 fully saturated rings. The first kappa shape index (κ1) is 14.6. The van der Waals surface area contributed by atoms with Crippen molar-refractivity contribution in [3.8, 4) is 0 Å². The van der Waals surface area contributed by atoms with Gasteiger partial charge in [-0.3, -0.25) is 0 Å². The summed E-state index contributed by atoms with van der Waals surface area (Å²) in [5, 5.41) is 6.05. The lowest BCUT2D eigenvalue weighted by Crippen LogP contribution is -2.34. The highest BCUT2D eigenvalue weighted by Gasteiger charge is 2.25. The average molecular weight is 295 g/mol. The number of anilines is 1. The molecule has 1 aromatic carbocycles. The minimum absolute atomic E-state index is 0.123. The molecule has 3 nitrogen and oxygen atoms in total. The number of benzene rings is 1. The molecule has 0 bridgehead atoms. The van der Waals surface area contributed by atoms with Crippen LogP contribution in [0.25, 0.3) is 28.5 Å². The monoisotopic (exact) mass is 295 g/mol. The summed E-state index contributed by atoms with van der Waals surface area (Å²) in [5.74, 6) is 0. The molecule has 1 aliphatic rings. The van der Waals surface area contributed by atoms with E-state index in [0.717, 1.165) is 27.4 Å². The van der Waals surface area contributed by atoms with Crippen LogP contribution in [0.2, 0.25) is 0 Å². The van der Waals surface area contributed by atoms with Crippen LogP contribution < -0.4 is 21.6 Å². The van der Waals surface area contributed by atoms with Crippen LogP contribution in [0, 0.1) is 0 Å². The second-order valence-corrected chi connectivity index (χ2v) is 6.33. The number of rotatable bonds is 0. The van der Waals surface area contributed by atoms with Gasteiger partial charge in [0.2, 0.25) is 0 Å². The van der Waals surface area contributed by atoms with E-state index < -0.39 is 0 Å². The standard InChI is InChI=1S/C19H21NO2/c1-6-12-13-8-9-14-16(11(3)10-19(4,5)20-14)17(13)18(21)22-15(12)7-2/h6-10,20H,1-5H3/b12-6-,15-7+. The molecular weight excluding hydrogens is 274 g/mol. The van der Waals surface area contributed by atoms with Gasteiger partial charge in [0, 0.05) is 21.9 Å². The second kappa shape index (κ2) is 4.87. The molecule has 2 heterocycles. The van der Waals surface area contributed by atoms with Crippen LogP contribution in [-0.2, 0) is 0 Å². The van der Waals surface area contributed by atoms with Gasteiger partial charge in [0.25, 0.3) is 0 Å². The van der Waals surface area contributed by atoms with E-state index in [2.05, 4.69) is 38.2 Å². The Bertz CT molecular complexity index is 975. The Morgan fingerprint density at radius 1 is 1.18 bits per heavy atom. The van der Waals surface area contributed by atoms with Crippen molar-refractivity contribution < 1.29 is 4.42 Å². The summed E-state index contributed by atoms with van der Waals surface area (Å²) in [6.45, 7) is 10.1. The molecule has 1 aromatic heterocycles. The average Bonchev–Trinajstić information content (AvgIpc) is 2.45. The van der Waals surface area contributed by atoms with E-state index in [1.165, 1.54) is 0 Å². The third-order valence-corrected chi connectivity index (χ3v) is 4.15. The molecule has 3 heteroatoms. The summed E-state index contributed by atoms with van der Waals surface area (Å²) in [4.78, 5) is 12.5. The lowest BCUT2D eigenvalue weighted by molar-refractivity contribution is 0.482. The third-order valence-electron chi connectivity index (χ3n) is 4.15. The number of allylic oxidation sites excluding steroid dienone is 1. The van der Waals surface area contributed by atoms with Crippen molar-refractivity contribution in [3.05, 3.63) is 44.8 Å². The van der Waals surface area contributed by atoms with Crippen molar-refractivity contribution in [2.45, 2.75) is 40.2 Å². The van der Waals surface area contributed by atoms with E-state index in [-0.39, 0.29) is 11.2 Å². The molecule has 0 atom stereocenters. The van der Waals surface area contributed by atoms with Gasteiger partial charge in [-0.2, -0.15) is 0 Å². The number of nitrogens with one attached hydrogen (secondary N) is 1. The lowest BCUT2D eigenvalue weighted by Gasteiger charge is -2.31. The molecule has 22 heavy (non-hydrogen) atoms. The lowest BCUT2D eigenvalue weighted by atomic mass is 9.88. The topological polar surface area (TPSA) is 42.2 Å². The van der Waals surface area contributed by atoms with Crippen LogP contribution in [0.3, 0.4) is 0 Å². The zero-order valence-corrected chi connectivity index (χ0v) is 13.7. The summed E-state index contributed by atoms with van der Waals surface area (Å²) in [6.07, 6.45) is 5.98. The molecule has 0 spiro atoms. The molecule has 0 aliphatic carbocycles. The first-order valence-corrected chi connectivity index (χ1v) is 7.58. The Labute approximate surface area is 129 Å². The molecule has 0 amide bonds. The van der Waals surface area contributed by atoms with E-state index in [4.69, 9.17) is 4.42 Å². The molecule has 114 valence electrons. The molecule has 0 unspecified atom stereocenters. The molecule has 0 radical (unpaired) electrons. The quantitative estimate of drug-likeness (QED) is 0.812. The fourth-order valence-electron chi connectivity index (χ4n) is 3.40. The Morgan fingerprint density at radius 2 is 1.91 bits per heavy atom. The van der Waals surface area contributed by atoms with Crippen molar-refractivity contribution >= 4 is 34.2 Å². The van der Waals surface area contributed by atoms with Gasteiger partial charge in [0.15, 0.2) is 0 Å². The number of hydrogen-bond donors (Lipinski definition) is 1. The Balaban J connectivity index is 2.56. The van der Waals surface area contributed by atoms with Gasteiger partial charge in [-0.25, -0.2) is 4.79 Å².